The van der Waals surface area contributed by atoms with Crippen LogP contribution in [-0.4, -0.2) is 37.0 Å². The van der Waals surface area contributed by atoms with Crippen molar-refractivity contribution in [3.8, 4) is 5.75 Å². The van der Waals surface area contributed by atoms with Gasteiger partial charge in [0, 0.05) is 29.9 Å². The van der Waals surface area contributed by atoms with Gasteiger partial charge in [-0.05, 0) is 43.4 Å². The Labute approximate surface area is 161 Å². The number of nitrogen functional groups attached to an aromatic ring is 1. The summed E-state index contributed by atoms with van der Waals surface area (Å²) in [5.41, 5.74) is 7.85. The standard InChI is InChI=1S/C20H27N3O2.ClH/c1-3-23(4-2)13-14-25-19-8-6-5-7-17(19)15-22-20(24)16-9-11-18(21)12-10-16;/h5-12H,3-4,13-15,21H2,1-2H3,(H,22,24);1H. The number of halogens is 1. The molecule has 2 aromatic rings. The predicted octanol–water partition coefficient (Wildman–Crippen LogP) is 3.34. The Morgan fingerprint density at radius 1 is 1.08 bits per heavy atom. The van der Waals surface area contributed by atoms with Crippen LogP contribution in [0.3, 0.4) is 0 Å². The van der Waals surface area contributed by atoms with Crippen LogP contribution in [-0.2, 0) is 6.54 Å². The SMILES string of the molecule is CCN(CC)CCOc1ccccc1CNC(=O)c1ccc(N)cc1.Cl. The fourth-order valence-corrected chi connectivity index (χ4v) is 2.53. The van der Waals surface area contributed by atoms with E-state index in [0.717, 1.165) is 30.9 Å². The molecule has 0 fully saturated rings. The van der Waals surface area contributed by atoms with Crippen LogP contribution < -0.4 is 15.8 Å². The number of benzene rings is 2. The normalized spacial score (nSPS) is 10.3. The maximum absolute atomic E-state index is 12.2. The van der Waals surface area contributed by atoms with Gasteiger partial charge in [-0.25, -0.2) is 0 Å². The van der Waals surface area contributed by atoms with Gasteiger partial charge in [-0.3, -0.25) is 4.79 Å². The monoisotopic (exact) mass is 377 g/mol. The van der Waals surface area contributed by atoms with Crippen LogP contribution in [0.25, 0.3) is 0 Å². The number of ether oxygens (including phenoxy) is 1. The van der Waals surface area contributed by atoms with Gasteiger partial charge in [0.1, 0.15) is 12.4 Å². The Kier molecular flexibility index (Phi) is 9.55. The average molecular weight is 378 g/mol. The molecule has 0 spiro atoms. The number of amides is 1. The van der Waals surface area contributed by atoms with Crippen LogP contribution in [0.15, 0.2) is 48.5 Å². The number of nitrogens with one attached hydrogen (secondary N) is 1. The molecule has 0 radical (unpaired) electrons. The molecule has 0 unspecified atom stereocenters. The van der Waals surface area contributed by atoms with Gasteiger partial charge in [0.2, 0.25) is 0 Å². The first kappa shape index (κ1) is 21.8. The molecule has 0 bridgehead atoms. The lowest BCUT2D eigenvalue weighted by molar-refractivity contribution is 0.0950. The Bertz CT molecular complexity index is 673. The predicted molar refractivity (Wildman–Crippen MR) is 109 cm³/mol. The van der Waals surface area contributed by atoms with Crippen molar-refractivity contribution in [2.75, 3.05) is 32.0 Å². The summed E-state index contributed by atoms with van der Waals surface area (Å²) in [4.78, 5) is 14.5. The third-order valence-corrected chi connectivity index (χ3v) is 4.14. The molecule has 142 valence electrons. The quantitative estimate of drug-likeness (QED) is 0.657. The summed E-state index contributed by atoms with van der Waals surface area (Å²) >= 11 is 0. The maximum atomic E-state index is 12.2. The molecule has 0 heterocycles. The van der Waals surface area contributed by atoms with Crippen molar-refractivity contribution >= 4 is 24.0 Å². The molecule has 0 aliphatic heterocycles. The fraction of sp³-hybridized carbons (Fsp3) is 0.350. The zero-order chi connectivity index (χ0) is 18.1. The first-order valence-electron chi connectivity index (χ1n) is 8.70. The van der Waals surface area contributed by atoms with E-state index in [1.165, 1.54) is 0 Å². The first-order chi connectivity index (χ1) is 12.1. The highest BCUT2D eigenvalue weighted by Gasteiger charge is 2.08. The van der Waals surface area contributed by atoms with Crippen LogP contribution >= 0.6 is 12.4 Å². The van der Waals surface area contributed by atoms with E-state index in [1.807, 2.05) is 24.3 Å². The van der Waals surface area contributed by atoms with E-state index in [0.29, 0.717) is 24.4 Å². The fourth-order valence-electron chi connectivity index (χ4n) is 2.53. The Morgan fingerprint density at radius 3 is 2.38 bits per heavy atom. The van der Waals surface area contributed by atoms with Gasteiger partial charge in [-0.2, -0.15) is 0 Å². The van der Waals surface area contributed by atoms with E-state index in [2.05, 4.69) is 24.1 Å². The number of carbonyl (C=O) groups excluding carboxylic acids is 1. The highest BCUT2D eigenvalue weighted by atomic mass is 35.5. The van der Waals surface area contributed by atoms with Crippen molar-refractivity contribution in [1.29, 1.82) is 0 Å². The van der Waals surface area contributed by atoms with Crippen LogP contribution in [0.1, 0.15) is 29.8 Å². The number of nitrogens with zero attached hydrogens (tertiary/aromatic N) is 1. The molecule has 0 saturated carbocycles. The highest BCUT2D eigenvalue weighted by molar-refractivity contribution is 5.94. The number of para-hydroxylation sites is 1. The third kappa shape index (κ3) is 6.58. The molecular weight excluding hydrogens is 350 g/mol. The smallest absolute Gasteiger partial charge is 0.251 e. The summed E-state index contributed by atoms with van der Waals surface area (Å²) in [6, 6.07) is 14.7. The summed E-state index contributed by atoms with van der Waals surface area (Å²) in [6.45, 7) is 8.25. The third-order valence-electron chi connectivity index (χ3n) is 4.14. The van der Waals surface area contributed by atoms with Gasteiger partial charge in [-0.1, -0.05) is 32.0 Å². The number of anilines is 1. The first-order valence-corrected chi connectivity index (χ1v) is 8.70. The molecule has 0 saturated heterocycles. The van der Waals surface area contributed by atoms with E-state index < -0.39 is 0 Å². The number of nitrogens with two attached hydrogens (primary N) is 1. The Morgan fingerprint density at radius 2 is 1.73 bits per heavy atom. The van der Waals surface area contributed by atoms with Crippen LogP contribution in [0.4, 0.5) is 5.69 Å². The minimum Gasteiger partial charge on any atom is -0.492 e. The van der Waals surface area contributed by atoms with E-state index in [4.69, 9.17) is 10.5 Å². The second-order valence-corrected chi connectivity index (χ2v) is 5.79. The Hall–Kier alpha value is -2.24. The number of rotatable bonds is 9. The van der Waals surface area contributed by atoms with Crippen LogP contribution in [0, 0.1) is 0 Å². The summed E-state index contributed by atoms with van der Waals surface area (Å²) in [7, 11) is 0. The molecule has 2 aromatic carbocycles. The van der Waals surface area contributed by atoms with Crippen molar-refractivity contribution in [3.05, 3.63) is 59.7 Å². The molecule has 0 aliphatic carbocycles. The van der Waals surface area contributed by atoms with Crippen molar-refractivity contribution in [2.45, 2.75) is 20.4 Å². The lowest BCUT2D eigenvalue weighted by Gasteiger charge is -2.19. The molecule has 1 amide bonds. The van der Waals surface area contributed by atoms with Crippen LogP contribution in [0.2, 0.25) is 0 Å². The molecule has 5 nitrogen and oxygen atoms in total. The molecule has 26 heavy (non-hydrogen) atoms. The number of carbonyl (C=O) groups is 1. The van der Waals surface area contributed by atoms with Crippen molar-refractivity contribution in [1.82, 2.24) is 10.2 Å². The summed E-state index contributed by atoms with van der Waals surface area (Å²) < 4.78 is 5.92. The maximum Gasteiger partial charge on any atom is 0.251 e. The average Bonchev–Trinajstić information content (AvgIpc) is 2.64. The van der Waals surface area contributed by atoms with Crippen molar-refractivity contribution in [3.63, 3.8) is 0 Å². The molecule has 6 heteroatoms. The summed E-state index contributed by atoms with van der Waals surface area (Å²) in [5, 5.41) is 2.93. The van der Waals surface area contributed by atoms with E-state index in [9.17, 15) is 4.79 Å². The van der Waals surface area contributed by atoms with Gasteiger partial charge in [0.05, 0.1) is 0 Å². The number of likely N-dealkylation sites (N-methyl/N-ethyl adjacent to an activating group) is 1. The van der Waals surface area contributed by atoms with Gasteiger partial charge in [-0.15, -0.1) is 12.4 Å². The lowest BCUT2D eigenvalue weighted by atomic mass is 10.1. The minimum atomic E-state index is -0.127. The zero-order valence-corrected chi connectivity index (χ0v) is 16.2. The lowest BCUT2D eigenvalue weighted by Crippen LogP contribution is -2.28. The van der Waals surface area contributed by atoms with Crippen LogP contribution in [0.5, 0.6) is 5.75 Å². The van der Waals surface area contributed by atoms with Gasteiger partial charge in [0.25, 0.3) is 5.91 Å². The topological polar surface area (TPSA) is 67.6 Å². The molecule has 3 N–H and O–H groups in total. The highest BCUT2D eigenvalue weighted by Crippen LogP contribution is 2.18. The second kappa shape index (κ2) is 11.4. The molecule has 2 rings (SSSR count). The van der Waals surface area contributed by atoms with E-state index >= 15 is 0 Å². The molecule has 0 atom stereocenters. The van der Waals surface area contributed by atoms with Gasteiger partial charge in [0.15, 0.2) is 0 Å². The van der Waals surface area contributed by atoms with Crippen molar-refractivity contribution < 1.29 is 9.53 Å². The minimum absolute atomic E-state index is 0. The van der Waals surface area contributed by atoms with E-state index in [-0.39, 0.29) is 18.3 Å². The summed E-state index contributed by atoms with van der Waals surface area (Å²) in [6.07, 6.45) is 0. The van der Waals surface area contributed by atoms with Gasteiger partial charge >= 0.3 is 0 Å². The second-order valence-electron chi connectivity index (χ2n) is 5.79. The Balaban J connectivity index is 0.00000338. The zero-order valence-electron chi connectivity index (χ0n) is 15.4. The summed E-state index contributed by atoms with van der Waals surface area (Å²) in [5.74, 6) is 0.685. The number of hydrogen-bond acceptors (Lipinski definition) is 4. The molecule has 0 aromatic heterocycles. The molecule has 0 aliphatic rings. The number of hydrogen-bond donors (Lipinski definition) is 2. The molecular formula is C20H28ClN3O2. The van der Waals surface area contributed by atoms with Gasteiger partial charge < -0.3 is 20.7 Å². The largest absolute Gasteiger partial charge is 0.492 e. The van der Waals surface area contributed by atoms with Crippen molar-refractivity contribution in [2.24, 2.45) is 0 Å². The van der Waals surface area contributed by atoms with E-state index in [1.54, 1.807) is 24.3 Å².